The molecule has 0 radical (unpaired) electrons. The van der Waals surface area contributed by atoms with Gasteiger partial charge >= 0.3 is 0 Å². The van der Waals surface area contributed by atoms with Gasteiger partial charge in [0, 0.05) is 10.9 Å². The predicted octanol–water partition coefficient (Wildman–Crippen LogP) is 2.44. The molecule has 3 heteroatoms. The smallest absolute Gasteiger partial charge is 0.127 e. The molecule has 0 aliphatic heterocycles. The minimum atomic E-state index is -0.149. The van der Waals surface area contributed by atoms with Crippen LogP contribution in [0.3, 0.4) is 0 Å². The minimum Gasteiger partial charge on any atom is -0.328 e. The second kappa shape index (κ2) is 4.63. The van der Waals surface area contributed by atoms with E-state index in [1.807, 2.05) is 25.3 Å². The zero-order valence-corrected chi connectivity index (χ0v) is 8.70. The van der Waals surface area contributed by atoms with Crippen LogP contribution in [0.5, 0.6) is 0 Å². The Morgan fingerprint density at radius 1 is 1.54 bits per heavy atom. The first kappa shape index (κ1) is 10.5. The van der Waals surface area contributed by atoms with Crippen LogP contribution in [-0.4, -0.2) is 12.3 Å². The summed E-state index contributed by atoms with van der Waals surface area (Å²) in [7, 11) is 0. The SMILES string of the molecule is CSc1ccc(CC(C)N)c(F)c1. The summed E-state index contributed by atoms with van der Waals surface area (Å²) in [5.41, 5.74) is 6.29. The molecule has 1 aromatic carbocycles. The van der Waals surface area contributed by atoms with Gasteiger partial charge in [-0.25, -0.2) is 4.39 Å². The fourth-order valence-electron chi connectivity index (χ4n) is 1.17. The molecular weight excluding hydrogens is 185 g/mol. The third-order valence-corrected chi connectivity index (χ3v) is 2.53. The van der Waals surface area contributed by atoms with Crippen molar-refractivity contribution < 1.29 is 4.39 Å². The summed E-state index contributed by atoms with van der Waals surface area (Å²) in [6.07, 6.45) is 2.53. The lowest BCUT2D eigenvalue weighted by atomic mass is 10.1. The standard InChI is InChI=1S/C10H14FNS/c1-7(12)5-8-3-4-9(13-2)6-10(8)11/h3-4,6-7H,5,12H2,1-2H3. The van der Waals surface area contributed by atoms with Crippen LogP contribution < -0.4 is 5.73 Å². The summed E-state index contributed by atoms with van der Waals surface area (Å²) in [4.78, 5) is 0.950. The molecular formula is C10H14FNS. The summed E-state index contributed by atoms with van der Waals surface area (Å²) < 4.78 is 13.3. The first-order valence-corrected chi connectivity index (χ1v) is 5.44. The Morgan fingerprint density at radius 3 is 2.69 bits per heavy atom. The Balaban J connectivity index is 2.85. The second-order valence-corrected chi connectivity index (χ2v) is 4.02. The monoisotopic (exact) mass is 199 g/mol. The largest absolute Gasteiger partial charge is 0.328 e. The number of hydrogen-bond acceptors (Lipinski definition) is 2. The fourth-order valence-corrected chi connectivity index (χ4v) is 1.59. The normalized spacial score (nSPS) is 12.9. The van der Waals surface area contributed by atoms with E-state index < -0.39 is 0 Å². The van der Waals surface area contributed by atoms with E-state index in [1.165, 1.54) is 11.8 Å². The van der Waals surface area contributed by atoms with E-state index in [0.717, 1.165) is 4.90 Å². The molecule has 0 aliphatic rings. The van der Waals surface area contributed by atoms with E-state index in [1.54, 1.807) is 6.07 Å². The molecule has 72 valence electrons. The molecule has 1 nitrogen and oxygen atoms in total. The zero-order valence-electron chi connectivity index (χ0n) is 7.88. The van der Waals surface area contributed by atoms with Crippen LogP contribution in [0.15, 0.2) is 23.1 Å². The van der Waals surface area contributed by atoms with Crippen molar-refractivity contribution in [2.75, 3.05) is 6.26 Å². The van der Waals surface area contributed by atoms with Crippen molar-refractivity contribution in [3.05, 3.63) is 29.6 Å². The van der Waals surface area contributed by atoms with Gasteiger partial charge in [0.05, 0.1) is 0 Å². The number of benzene rings is 1. The maximum absolute atomic E-state index is 13.3. The summed E-state index contributed by atoms with van der Waals surface area (Å²) >= 11 is 1.54. The van der Waals surface area contributed by atoms with Gasteiger partial charge in [0.2, 0.25) is 0 Å². The first-order chi connectivity index (χ1) is 6.13. The van der Waals surface area contributed by atoms with E-state index in [4.69, 9.17) is 5.73 Å². The van der Waals surface area contributed by atoms with Gasteiger partial charge < -0.3 is 5.73 Å². The number of rotatable bonds is 3. The Hall–Kier alpha value is -0.540. The Bertz CT molecular complexity index is 286. The molecule has 1 rings (SSSR count). The van der Waals surface area contributed by atoms with Crippen molar-refractivity contribution in [2.45, 2.75) is 24.3 Å². The summed E-state index contributed by atoms with van der Waals surface area (Å²) in [5.74, 6) is -0.149. The van der Waals surface area contributed by atoms with E-state index in [-0.39, 0.29) is 11.9 Å². The second-order valence-electron chi connectivity index (χ2n) is 3.14. The topological polar surface area (TPSA) is 26.0 Å². The highest BCUT2D eigenvalue weighted by Crippen LogP contribution is 2.18. The Kier molecular flexibility index (Phi) is 3.75. The van der Waals surface area contributed by atoms with Crippen LogP contribution in [0, 0.1) is 5.82 Å². The van der Waals surface area contributed by atoms with Crippen LogP contribution in [0.2, 0.25) is 0 Å². The number of halogens is 1. The van der Waals surface area contributed by atoms with E-state index in [2.05, 4.69) is 0 Å². The highest BCUT2D eigenvalue weighted by molar-refractivity contribution is 7.98. The van der Waals surface area contributed by atoms with Gasteiger partial charge in [-0.15, -0.1) is 11.8 Å². The molecule has 0 aromatic heterocycles. The average molecular weight is 199 g/mol. The quantitative estimate of drug-likeness (QED) is 0.757. The lowest BCUT2D eigenvalue weighted by Gasteiger charge is -2.07. The maximum atomic E-state index is 13.3. The molecule has 0 heterocycles. The summed E-state index contributed by atoms with van der Waals surface area (Å²) in [6, 6.07) is 5.30. The van der Waals surface area contributed by atoms with Crippen molar-refractivity contribution in [1.29, 1.82) is 0 Å². The maximum Gasteiger partial charge on any atom is 0.127 e. The van der Waals surface area contributed by atoms with Crippen molar-refractivity contribution in [3.8, 4) is 0 Å². The third kappa shape index (κ3) is 3.01. The van der Waals surface area contributed by atoms with Crippen LogP contribution in [0.25, 0.3) is 0 Å². The van der Waals surface area contributed by atoms with Crippen molar-refractivity contribution in [1.82, 2.24) is 0 Å². The highest BCUT2D eigenvalue weighted by atomic mass is 32.2. The van der Waals surface area contributed by atoms with Crippen LogP contribution in [0.4, 0.5) is 4.39 Å². The van der Waals surface area contributed by atoms with Gasteiger partial charge in [0.1, 0.15) is 5.82 Å². The molecule has 0 aliphatic carbocycles. The van der Waals surface area contributed by atoms with E-state index in [9.17, 15) is 4.39 Å². The number of nitrogens with two attached hydrogens (primary N) is 1. The molecule has 0 amide bonds. The zero-order chi connectivity index (χ0) is 9.84. The first-order valence-electron chi connectivity index (χ1n) is 4.21. The molecule has 0 saturated carbocycles. The fraction of sp³-hybridized carbons (Fsp3) is 0.400. The minimum absolute atomic E-state index is 0.00892. The van der Waals surface area contributed by atoms with Crippen LogP contribution >= 0.6 is 11.8 Å². The summed E-state index contributed by atoms with van der Waals surface area (Å²) in [5, 5.41) is 0. The highest BCUT2D eigenvalue weighted by Gasteiger charge is 2.05. The molecule has 0 fully saturated rings. The molecule has 0 saturated heterocycles. The molecule has 1 aromatic rings. The van der Waals surface area contributed by atoms with Crippen molar-refractivity contribution in [3.63, 3.8) is 0 Å². The van der Waals surface area contributed by atoms with E-state index in [0.29, 0.717) is 12.0 Å². The molecule has 13 heavy (non-hydrogen) atoms. The molecule has 1 unspecified atom stereocenters. The molecule has 0 bridgehead atoms. The van der Waals surface area contributed by atoms with Crippen molar-refractivity contribution >= 4 is 11.8 Å². The summed E-state index contributed by atoms with van der Waals surface area (Å²) in [6.45, 7) is 1.88. The molecule has 2 N–H and O–H groups in total. The van der Waals surface area contributed by atoms with E-state index >= 15 is 0 Å². The van der Waals surface area contributed by atoms with Crippen molar-refractivity contribution in [2.24, 2.45) is 5.73 Å². The molecule has 1 atom stereocenters. The predicted molar refractivity (Wildman–Crippen MR) is 55.5 cm³/mol. The van der Waals surface area contributed by atoms with Gasteiger partial charge in [0.15, 0.2) is 0 Å². The van der Waals surface area contributed by atoms with Gasteiger partial charge in [0.25, 0.3) is 0 Å². The van der Waals surface area contributed by atoms with Crippen LogP contribution in [0.1, 0.15) is 12.5 Å². The molecule has 0 spiro atoms. The lowest BCUT2D eigenvalue weighted by Crippen LogP contribution is -2.18. The Morgan fingerprint density at radius 2 is 2.23 bits per heavy atom. The van der Waals surface area contributed by atoms with Crippen LogP contribution in [-0.2, 0) is 6.42 Å². The third-order valence-electron chi connectivity index (χ3n) is 1.80. The Labute approximate surface area is 82.5 Å². The number of thioether (sulfide) groups is 1. The van der Waals surface area contributed by atoms with Gasteiger partial charge in [-0.05, 0) is 37.3 Å². The lowest BCUT2D eigenvalue weighted by molar-refractivity contribution is 0.593. The van der Waals surface area contributed by atoms with Gasteiger partial charge in [-0.1, -0.05) is 6.07 Å². The number of hydrogen-bond donors (Lipinski definition) is 1. The van der Waals surface area contributed by atoms with Gasteiger partial charge in [-0.3, -0.25) is 0 Å². The van der Waals surface area contributed by atoms with Gasteiger partial charge in [-0.2, -0.15) is 0 Å². The average Bonchev–Trinajstić information content (AvgIpc) is 2.08.